The first-order valence-corrected chi connectivity index (χ1v) is 34.5. The number of pyridine rings is 2. The van der Waals surface area contributed by atoms with Gasteiger partial charge in [0, 0.05) is 26.3 Å². The molecule has 3 aromatic heterocycles. The predicted molar refractivity (Wildman–Crippen MR) is 207 cm³/mol. The average molecular weight is 938 g/mol. The molecule has 7 heteroatoms. The second kappa shape index (κ2) is 14.7. The monoisotopic (exact) mass is 941 g/mol. The third-order valence-electron chi connectivity index (χ3n) is 8.54. The number of rotatable bonds is 6. The zero-order valence-corrected chi connectivity index (χ0v) is 37.4. The molecule has 6 rings (SSSR count). The molecule has 0 N–H and O–H groups in total. The Morgan fingerprint density at radius 3 is 2.02 bits per heavy atom. The Morgan fingerprint density at radius 2 is 1.45 bits per heavy atom. The van der Waals surface area contributed by atoms with Gasteiger partial charge in [-0.3, -0.25) is 0 Å². The van der Waals surface area contributed by atoms with Crippen molar-refractivity contribution < 1.29 is 24.5 Å². The molecule has 0 spiro atoms. The minimum atomic E-state index is -1.99. The van der Waals surface area contributed by atoms with Gasteiger partial charge in [0.05, 0.1) is 8.07 Å². The van der Waals surface area contributed by atoms with Gasteiger partial charge in [0.15, 0.2) is 0 Å². The summed E-state index contributed by atoms with van der Waals surface area (Å²) in [6, 6.07) is 32.1. The summed E-state index contributed by atoms with van der Waals surface area (Å²) in [5, 5.41) is 3.73. The van der Waals surface area contributed by atoms with Gasteiger partial charge in [-0.25, -0.2) is 0 Å². The molecule has 0 fully saturated rings. The van der Waals surface area contributed by atoms with Crippen molar-refractivity contribution in [2.24, 2.45) is 0 Å². The summed E-state index contributed by atoms with van der Waals surface area (Å²) in [6.07, 6.45) is 4.15. The van der Waals surface area contributed by atoms with Crippen LogP contribution in [-0.4, -0.2) is 44.6 Å². The van der Waals surface area contributed by atoms with Crippen LogP contribution in [0.3, 0.4) is 0 Å². The fraction of sp³-hybridized carbons (Fsp3) is 0.300. The first-order valence-electron chi connectivity index (χ1n) is 16.4. The maximum Gasteiger partial charge on any atom is 0.0795 e. The molecule has 6 aromatic rings. The van der Waals surface area contributed by atoms with Crippen LogP contribution in [0.4, 0.5) is 0 Å². The summed E-state index contributed by atoms with van der Waals surface area (Å²) in [7, 11) is -1.23. The summed E-state index contributed by atoms with van der Waals surface area (Å²) in [5.41, 5.74) is 7.31. The standard InChI is InChI=1S/C26H32Ge2NO.C14H16NSi.Ir/c1-17(2)22-15-24(29-16-23(22)28(6,7)8)21-11-9-10-20-19-13-12-18(27(3,4)5)14-25(19)30-26(20)21;1-16(2,3)13-9-10-14(15-11-13)12-7-5-4-6-8-12;/h9-10,12-17H,1-8H3;4-7,9-11H,1-3H3;/q2*-1;. The Kier molecular flexibility index (Phi) is 11.7. The minimum Gasteiger partial charge on any atom is -0.305 e. The third kappa shape index (κ3) is 8.66. The Labute approximate surface area is 302 Å². The largest absolute Gasteiger partial charge is 0.305 e. The van der Waals surface area contributed by atoms with E-state index in [0.717, 1.165) is 39.1 Å². The topological polar surface area (TPSA) is 38.9 Å². The summed E-state index contributed by atoms with van der Waals surface area (Å²) < 4.78 is 9.40. The van der Waals surface area contributed by atoms with E-state index in [2.05, 4.69) is 134 Å². The van der Waals surface area contributed by atoms with E-state index in [0.29, 0.717) is 5.92 Å². The van der Waals surface area contributed by atoms with Gasteiger partial charge in [-0.05, 0) is 10.9 Å². The predicted octanol–water partition coefficient (Wildman–Crippen LogP) is 9.75. The number of benzene rings is 3. The van der Waals surface area contributed by atoms with Crippen LogP contribution in [0, 0.1) is 12.1 Å². The van der Waals surface area contributed by atoms with Gasteiger partial charge in [0.25, 0.3) is 0 Å². The van der Waals surface area contributed by atoms with Crippen LogP contribution in [0.2, 0.25) is 54.2 Å². The first-order chi connectivity index (χ1) is 21.5. The molecule has 0 saturated carbocycles. The molecule has 3 aromatic carbocycles. The van der Waals surface area contributed by atoms with E-state index in [4.69, 9.17) is 9.40 Å². The molecule has 3 heterocycles. The zero-order valence-electron chi connectivity index (χ0n) is 29.8. The number of hydrogen-bond donors (Lipinski definition) is 0. The zero-order chi connectivity index (χ0) is 33.4. The molecule has 0 aliphatic heterocycles. The number of nitrogens with zero attached hydrogens (tertiary/aromatic N) is 2. The average Bonchev–Trinajstić information content (AvgIpc) is 3.38. The maximum absolute atomic E-state index is 6.44. The van der Waals surface area contributed by atoms with Gasteiger partial charge < -0.3 is 4.98 Å². The van der Waals surface area contributed by atoms with Crippen LogP contribution < -0.4 is 14.0 Å². The van der Waals surface area contributed by atoms with E-state index in [1.54, 1.807) is 0 Å². The number of fused-ring (bicyclic) bond motifs is 3. The number of aromatic nitrogens is 2. The minimum absolute atomic E-state index is 0. The molecule has 0 aliphatic rings. The van der Waals surface area contributed by atoms with Crippen LogP contribution in [0.25, 0.3) is 44.5 Å². The van der Waals surface area contributed by atoms with Crippen molar-refractivity contribution in [3.63, 3.8) is 0 Å². The molecule has 0 aliphatic carbocycles. The summed E-state index contributed by atoms with van der Waals surface area (Å²) in [5.74, 6) is 15.0. The molecule has 3 nitrogen and oxygen atoms in total. The van der Waals surface area contributed by atoms with Crippen LogP contribution in [0.1, 0.15) is 25.3 Å². The van der Waals surface area contributed by atoms with E-state index in [1.807, 2.05) is 36.5 Å². The van der Waals surface area contributed by atoms with Crippen LogP contribution in [-0.2, 0) is 20.1 Å². The van der Waals surface area contributed by atoms with Gasteiger partial charge in [-0.15, -0.1) is 35.9 Å². The van der Waals surface area contributed by atoms with Crippen molar-refractivity contribution in [1.82, 2.24) is 9.97 Å². The SMILES string of the molecule is CC(C)c1cc(-c2[c-]ccc3c2oc2c[c]([Ge]([CH3])([CH3])[CH3])ccc23)nc[c]1[Ge]([CH3])([CH3])[CH3].C[Si](C)(C)c1ccc(-c2[c-]cccc2)nc1.[Ir]. The molecule has 47 heavy (non-hydrogen) atoms. The molecule has 0 saturated heterocycles. The van der Waals surface area contributed by atoms with Crippen molar-refractivity contribution in [2.75, 3.05) is 0 Å². The molecule has 0 unspecified atom stereocenters. The Hall–Kier alpha value is -2.29. The van der Waals surface area contributed by atoms with Crippen molar-refractivity contribution in [3.05, 3.63) is 103 Å². The van der Waals surface area contributed by atoms with Gasteiger partial charge >= 0.3 is 186 Å². The quantitative estimate of drug-likeness (QED) is 0.123. The van der Waals surface area contributed by atoms with E-state index in [-0.39, 0.29) is 20.1 Å². The smallest absolute Gasteiger partial charge is 0.0795 e. The fourth-order valence-corrected chi connectivity index (χ4v) is 12.6. The van der Waals surface area contributed by atoms with E-state index in [1.165, 1.54) is 24.9 Å². The van der Waals surface area contributed by atoms with E-state index < -0.39 is 34.6 Å². The molecule has 0 amide bonds. The van der Waals surface area contributed by atoms with Gasteiger partial charge in [0.2, 0.25) is 0 Å². The maximum atomic E-state index is 6.44. The molecule has 0 atom stereocenters. The molecule has 247 valence electrons. The number of hydrogen-bond acceptors (Lipinski definition) is 3. The van der Waals surface area contributed by atoms with Crippen molar-refractivity contribution in [3.8, 4) is 22.5 Å². The number of furan rings is 1. The third-order valence-corrected chi connectivity index (χ3v) is 19.1. The molecular formula is C40H48Ge2IrN2OSi-2. The van der Waals surface area contributed by atoms with Crippen molar-refractivity contribution >= 4 is 70.5 Å². The van der Waals surface area contributed by atoms with Gasteiger partial charge in [-0.2, -0.15) is 0 Å². The van der Waals surface area contributed by atoms with E-state index in [9.17, 15) is 0 Å². The van der Waals surface area contributed by atoms with Crippen LogP contribution in [0.15, 0.2) is 89.6 Å². The second-order valence-electron chi connectivity index (χ2n) is 15.7. The fourth-order valence-electron chi connectivity index (χ4n) is 5.66. The Bertz CT molecular complexity index is 1970. The summed E-state index contributed by atoms with van der Waals surface area (Å²) >= 11 is -3.91. The van der Waals surface area contributed by atoms with Crippen LogP contribution in [0.5, 0.6) is 0 Å². The molecule has 1 radical (unpaired) electrons. The summed E-state index contributed by atoms with van der Waals surface area (Å²) in [6.45, 7) is 11.6. The second-order valence-corrected chi connectivity index (χ2v) is 42.0. The molecular weight excluding hydrogens is 890 g/mol. The molecule has 0 bridgehead atoms. The Morgan fingerprint density at radius 1 is 0.723 bits per heavy atom. The van der Waals surface area contributed by atoms with Crippen molar-refractivity contribution in [1.29, 1.82) is 0 Å². The summed E-state index contributed by atoms with van der Waals surface area (Å²) in [4.78, 5) is 9.42. The van der Waals surface area contributed by atoms with Gasteiger partial charge in [-0.1, -0.05) is 31.8 Å². The van der Waals surface area contributed by atoms with Gasteiger partial charge in [0.1, 0.15) is 0 Å². The van der Waals surface area contributed by atoms with Crippen molar-refractivity contribution in [2.45, 2.75) is 73.9 Å². The first kappa shape index (κ1) is 37.5. The van der Waals surface area contributed by atoms with E-state index >= 15 is 0 Å². The van der Waals surface area contributed by atoms with Crippen LogP contribution >= 0.6 is 0 Å². The Balaban J connectivity index is 0.000000249. The normalized spacial score (nSPS) is 12.2.